The molecule has 1 unspecified atom stereocenters. The first-order valence-electron chi connectivity index (χ1n) is 5.35. The molecule has 17 heavy (non-hydrogen) atoms. The SMILES string of the molecule is O=[N+]([O-])c1ccc(N=CC2CCC=CO2)cc1. The fourth-order valence-electron chi connectivity index (χ4n) is 1.49. The van der Waals surface area contributed by atoms with Crippen LogP contribution in [0, 0.1) is 10.1 Å². The van der Waals surface area contributed by atoms with Crippen LogP contribution in [-0.2, 0) is 4.74 Å². The van der Waals surface area contributed by atoms with Crippen LogP contribution in [0.15, 0.2) is 41.6 Å². The van der Waals surface area contributed by atoms with Crippen molar-refractivity contribution in [1.82, 2.24) is 0 Å². The number of ether oxygens (including phenoxy) is 1. The maximum absolute atomic E-state index is 10.5. The van der Waals surface area contributed by atoms with E-state index < -0.39 is 4.92 Å². The van der Waals surface area contributed by atoms with E-state index in [9.17, 15) is 10.1 Å². The van der Waals surface area contributed by atoms with Gasteiger partial charge < -0.3 is 4.74 Å². The van der Waals surface area contributed by atoms with Crippen LogP contribution >= 0.6 is 0 Å². The van der Waals surface area contributed by atoms with Gasteiger partial charge in [0.2, 0.25) is 0 Å². The summed E-state index contributed by atoms with van der Waals surface area (Å²) in [5, 5.41) is 10.5. The molecule has 88 valence electrons. The van der Waals surface area contributed by atoms with Crippen molar-refractivity contribution in [3.8, 4) is 0 Å². The summed E-state index contributed by atoms with van der Waals surface area (Å²) in [5.41, 5.74) is 0.759. The zero-order chi connectivity index (χ0) is 12.1. The average Bonchev–Trinajstić information content (AvgIpc) is 2.38. The molecule has 0 aromatic heterocycles. The van der Waals surface area contributed by atoms with E-state index in [-0.39, 0.29) is 11.8 Å². The normalized spacial score (nSPS) is 19.2. The van der Waals surface area contributed by atoms with Crippen molar-refractivity contribution < 1.29 is 9.66 Å². The number of nitro benzene ring substituents is 1. The highest BCUT2D eigenvalue weighted by Gasteiger charge is 2.07. The van der Waals surface area contributed by atoms with Gasteiger partial charge in [-0.1, -0.05) is 0 Å². The third kappa shape index (κ3) is 3.14. The first-order chi connectivity index (χ1) is 8.25. The van der Waals surface area contributed by atoms with Crippen LogP contribution in [0.1, 0.15) is 12.8 Å². The molecule has 0 fully saturated rings. The highest BCUT2D eigenvalue weighted by atomic mass is 16.6. The molecule has 1 atom stereocenters. The van der Waals surface area contributed by atoms with Crippen LogP contribution in [0.25, 0.3) is 0 Å². The number of aliphatic imine (C=N–C) groups is 1. The Hall–Kier alpha value is -2.17. The number of non-ortho nitro benzene ring substituents is 1. The Kier molecular flexibility index (Phi) is 3.49. The molecule has 2 rings (SSSR count). The maximum Gasteiger partial charge on any atom is 0.269 e. The molecule has 0 amide bonds. The molecule has 0 radical (unpaired) electrons. The molecule has 1 heterocycles. The standard InChI is InChI=1S/C12H12N2O3/c15-14(16)11-6-4-10(5-7-11)13-9-12-3-1-2-8-17-12/h2,4-9,12H,1,3H2. The lowest BCUT2D eigenvalue weighted by molar-refractivity contribution is -0.384. The molecule has 0 spiro atoms. The quantitative estimate of drug-likeness (QED) is 0.457. The van der Waals surface area contributed by atoms with E-state index >= 15 is 0 Å². The largest absolute Gasteiger partial charge is 0.493 e. The topological polar surface area (TPSA) is 64.7 Å². The number of benzene rings is 1. The van der Waals surface area contributed by atoms with Crippen LogP contribution in [0.5, 0.6) is 0 Å². The van der Waals surface area contributed by atoms with Gasteiger partial charge in [-0.15, -0.1) is 0 Å². The monoisotopic (exact) mass is 232 g/mol. The van der Waals surface area contributed by atoms with Crippen LogP contribution in [0.2, 0.25) is 0 Å². The van der Waals surface area contributed by atoms with Crippen LogP contribution in [0.4, 0.5) is 11.4 Å². The second-order valence-corrected chi connectivity index (χ2v) is 3.68. The number of hydrogen-bond acceptors (Lipinski definition) is 4. The number of rotatable bonds is 3. The van der Waals surface area contributed by atoms with E-state index in [1.54, 1.807) is 24.6 Å². The van der Waals surface area contributed by atoms with E-state index in [4.69, 9.17) is 4.74 Å². The fraction of sp³-hybridized carbons (Fsp3) is 0.250. The molecule has 0 bridgehead atoms. The summed E-state index contributed by atoms with van der Waals surface area (Å²) in [5.74, 6) is 0. The molecule has 1 aliphatic heterocycles. The van der Waals surface area contributed by atoms with Crippen molar-refractivity contribution in [2.24, 2.45) is 4.99 Å². The third-order valence-electron chi connectivity index (χ3n) is 2.42. The molecule has 0 saturated carbocycles. The minimum atomic E-state index is -0.428. The number of hydrogen-bond donors (Lipinski definition) is 0. The second-order valence-electron chi connectivity index (χ2n) is 3.68. The van der Waals surface area contributed by atoms with Gasteiger partial charge in [0.25, 0.3) is 5.69 Å². The van der Waals surface area contributed by atoms with Crippen molar-refractivity contribution in [2.75, 3.05) is 0 Å². The molecule has 5 heteroatoms. The van der Waals surface area contributed by atoms with E-state index in [1.165, 1.54) is 12.1 Å². The van der Waals surface area contributed by atoms with Gasteiger partial charge >= 0.3 is 0 Å². The predicted molar refractivity (Wildman–Crippen MR) is 64.5 cm³/mol. The first kappa shape index (κ1) is 11.3. The summed E-state index contributed by atoms with van der Waals surface area (Å²) in [6, 6.07) is 6.11. The maximum atomic E-state index is 10.5. The van der Waals surface area contributed by atoms with Crippen molar-refractivity contribution in [3.05, 3.63) is 46.7 Å². The Balaban J connectivity index is 2.00. The van der Waals surface area contributed by atoms with Gasteiger partial charge in [0, 0.05) is 18.3 Å². The van der Waals surface area contributed by atoms with Crippen LogP contribution in [0.3, 0.4) is 0 Å². The van der Waals surface area contributed by atoms with Crippen molar-refractivity contribution >= 4 is 17.6 Å². The lowest BCUT2D eigenvalue weighted by Crippen LogP contribution is -2.13. The number of nitro groups is 1. The molecular formula is C12H12N2O3. The van der Waals surface area contributed by atoms with Gasteiger partial charge in [-0.3, -0.25) is 15.1 Å². The van der Waals surface area contributed by atoms with Gasteiger partial charge in [-0.05, 0) is 31.1 Å². The molecule has 5 nitrogen and oxygen atoms in total. The lowest BCUT2D eigenvalue weighted by atomic mass is 10.2. The number of nitrogens with zero attached hydrogens (tertiary/aromatic N) is 2. The van der Waals surface area contributed by atoms with Crippen molar-refractivity contribution in [1.29, 1.82) is 0 Å². The Labute approximate surface area is 98.6 Å². The van der Waals surface area contributed by atoms with E-state index in [0.29, 0.717) is 5.69 Å². The van der Waals surface area contributed by atoms with Gasteiger partial charge in [-0.2, -0.15) is 0 Å². The van der Waals surface area contributed by atoms with E-state index in [2.05, 4.69) is 4.99 Å². The smallest absolute Gasteiger partial charge is 0.269 e. The average molecular weight is 232 g/mol. The first-order valence-corrected chi connectivity index (χ1v) is 5.35. The fourth-order valence-corrected chi connectivity index (χ4v) is 1.49. The minimum absolute atomic E-state index is 0.00445. The van der Waals surface area contributed by atoms with Crippen molar-refractivity contribution in [2.45, 2.75) is 18.9 Å². The predicted octanol–water partition coefficient (Wildman–Crippen LogP) is 2.99. The van der Waals surface area contributed by atoms with Gasteiger partial charge in [0.05, 0.1) is 16.9 Å². The van der Waals surface area contributed by atoms with Crippen molar-refractivity contribution in [3.63, 3.8) is 0 Å². The summed E-state index contributed by atoms with van der Waals surface area (Å²) in [6.07, 6.45) is 7.26. The van der Waals surface area contributed by atoms with Gasteiger partial charge in [0.1, 0.15) is 6.10 Å². The Morgan fingerprint density at radius 1 is 1.41 bits per heavy atom. The van der Waals surface area contributed by atoms with Gasteiger partial charge in [-0.25, -0.2) is 0 Å². The minimum Gasteiger partial charge on any atom is -0.493 e. The summed E-state index contributed by atoms with van der Waals surface area (Å²) in [4.78, 5) is 14.3. The molecule has 0 saturated heterocycles. The molecule has 1 aromatic carbocycles. The molecule has 1 aliphatic rings. The molecule has 1 aromatic rings. The Bertz CT molecular complexity index is 451. The Morgan fingerprint density at radius 3 is 2.76 bits per heavy atom. The zero-order valence-electron chi connectivity index (χ0n) is 9.15. The van der Waals surface area contributed by atoms with Crippen LogP contribution < -0.4 is 0 Å². The third-order valence-corrected chi connectivity index (χ3v) is 2.42. The number of allylic oxidation sites excluding steroid dienone is 1. The van der Waals surface area contributed by atoms with E-state index in [1.807, 2.05) is 6.08 Å². The summed E-state index contributed by atoms with van der Waals surface area (Å²) < 4.78 is 5.32. The molecule has 0 N–H and O–H groups in total. The Morgan fingerprint density at radius 2 is 2.18 bits per heavy atom. The van der Waals surface area contributed by atoms with Gasteiger partial charge in [0.15, 0.2) is 0 Å². The second kappa shape index (κ2) is 5.25. The summed E-state index contributed by atoms with van der Waals surface area (Å²) >= 11 is 0. The van der Waals surface area contributed by atoms with Crippen LogP contribution in [-0.4, -0.2) is 17.2 Å². The summed E-state index contributed by atoms with van der Waals surface area (Å²) in [6.45, 7) is 0. The zero-order valence-corrected chi connectivity index (χ0v) is 9.15. The lowest BCUT2D eigenvalue weighted by Gasteiger charge is -2.14. The molecule has 0 aliphatic carbocycles. The molecular weight excluding hydrogens is 220 g/mol. The summed E-state index contributed by atoms with van der Waals surface area (Å²) in [7, 11) is 0. The van der Waals surface area contributed by atoms with E-state index in [0.717, 1.165) is 12.8 Å². The highest BCUT2D eigenvalue weighted by molar-refractivity contribution is 5.68. The highest BCUT2D eigenvalue weighted by Crippen LogP contribution is 2.18.